The Morgan fingerprint density at radius 3 is 0.755 bits per heavy atom. The molecule has 0 spiro atoms. The van der Waals surface area contributed by atoms with Crippen molar-refractivity contribution in [1.29, 1.82) is 0 Å². The van der Waals surface area contributed by atoms with Crippen LogP contribution in [0.2, 0.25) is 0 Å². The molecule has 0 saturated heterocycles. The Bertz CT molecular complexity index is 1850. The summed E-state index contributed by atoms with van der Waals surface area (Å²) in [6.45, 7) is 14.2. The molecule has 0 aromatic heterocycles. The third-order valence-electron chi connectivity index (χ3n) is 17.7. The number of carbonyl (C=O) groups is 4. The van der Waals surface area contributed by atoms with Gasteiger partial charge in [-0.15, -0.1) is 0 Å². The van der Waals surface area contributed by atoms with Crippen molar-refractivity contribution < 1.29 is 80.2 Å². The van der Waals surface area contributed by atoms with Crippen molar-refractivity contribution in [3.05, 3.63) is 0 Å². The van der Waals surface area contributed by atoms with Gasteiger partial charge in [0.2, 0.25) is 0 Å². The van der Waals surface area contributed by atoms with Gasteiger partial charge in [0.1, 0.15) is 19.3 Å². The molecular formula is C75H146O17P2. The van der Waals surface area contributed by atoms with Crippen molar-refractivity contribution in [1.82, 2.24) is 0 Å². The molecule has 0 amide bonds. The second kappa shape index (κ2) is 64.4. The molecule has 0 aliphatic heterocycles. The Balaban J connectivity index is 5.28. The zero-order chi connectivity index (χ0) is 69.6. The number of ether oxygens (including phenoxy) is 4. The summed E-state index contributed by atoms with van der Waals surface area (Å²) < 4.78 is 68.5. The fourth-order valence-electron chi connectivity index (χ4n) is 11.3. The molecule has 558 valence electrons. The summed E-state index contributed by atoms with van der Waals surface area (Å²) in [6, 6.07) is 0. The van der Waals surface area contributed by atoms with Crippen molar-refractivity contribution in [3.8, 4) is 0 Å². The third kappa shape index (κ3) is 67.3. The van der Waals surface area contributed by atoms with Crippen LogP contribution in [0.1, 0.15) is 376 Å². The van der Waals surface area contributed by atoms with Gasteiger partial charge in [0, 0.05) is 25.7 Å². The molecule has 17 nitrogen and oxygen atoms in total. The molecule has 0 aliphatic rings. The number of hydrogen-bond acceptors (Lipinski definition) is 15. The average molecular weight is 1380 g/mol. The lowest BCUT2D eigenvalue weighted by Crippen LogP contribution is -2.30. The first kappa shape index (κ1) is 92.1. The van der Waals surface area contributed by atoms with E-state index in [0.29, 0.717) is 25.7 Å². The maximum atomic E-state index is 13.1. The summed E-state index contributed by atoms with van der Waals surface area (Å²) in [5, 5.41) is 10.6. The molecular weight excluding hydrogens is 1230 g/mol. The number of unbranched alkanes of at least 4 members (excludes halogenated alkanes) is 37. The van der Waals surface area contributed by atoms with Crippen molar-refractivity contribution in [2.24, 2.45) is 23.7 Å². The zero-order valence-corrected chi connectivity index (χ0v) is 63.4. The summed E-state index contributed by atoms with van der Waals surface area (Å²) in [6.07, 6.45) is 48.4. The van der Waals surface area contributed by atoms with Gasteiger partial charge in [0.15, 0.2) is 12.2 Å². The van der Waals surface area contributed by atoms with Crippen molar-refractivity contribution >= 4 is 39.5 Å². The van der Waals surface area contributed by atoms with E-state index in [2.05, 4.69) is 55.4 Å². The van der Waals surface area contributed by atoms with Gasteiger partial charge in [-0.05, 0) is 49.4 Å². The SMILES string of the molecule is CCC(C)CCCCCCCCCCCCC(=O)OC[C@H](COP(=O)(O)OC[C@@H](O)COP(=O)(O)OC[C@@H](COC(=O)CCCCCCCCCCCC(C)C)OC(=O)CCCCCCCCCCCCC(C)C)OC(=O)CCCCCCCCCCCCCCC(C)C. The summed E-state index contributed by atoms with van der Waals surface area (Å²) in [7, 11) is -9.91. The van der Waals surface area contributed by atoms with Crippen molar-refractivity contribution in [3.63, 3.8) is 0 Å². The lowest BCUT2D eigenvalue weighted by molar-refractivity contribution is -0.161. The van der Waals surface area contributed by atoms with Crippen LogP contribution in [0.15, 0.2) is 0 Å². The van der Waals surface area contributed by atoms with E-state index in [9.17, 15) is 43.2 Å². The first-order valence-corrected chi connectivity index (χ1v) is 41.7. The number of phosphoric acid groups is 2. The molecule has 19 heteroatoms. The summed E-state index contributed by atoms with van der Waals surface area (Å²) in [4.78, 5) is 72.8. The van der Waals surface area contributed by atoms with Gasteiger partial charge in [0.25, 0.3) is 0 Å². The molecule has 0 bridgehead atoms. The second-order valence-corrected chi connectivity index (χ2v) is 31.6. The van der Waals surface area contributed by atoms with Gasteiger partial charge >= 0.3 is 39.5 Å². The number of esters is 4. The first-order chi connectivity index (χ1) is 45.1. The topological polar surface area (TPSA) is 237 Å². The van der Waals surface area contributed by atoms with E-state index in [4.69, 9.17) is 37.0 Å². The Kier molecular flexibility index (Phi) is 63.1. The number of hydrogen-bond donors (Lipinski definition) is 3. The molecule has 0 fully saturated rings. The molecule has 0 aromatic carbocycles. The second-order valence-electron chi connectivity index (χ2n) is 28.7. The lowest BCUT2D eigenvalue weighted by atomic mass is 9.99. The zero-order valence-electron chi connectivity index (χ0n) is 61.6. The number of aliphatic hydroxyl groups excluding tert-OH is 1. The predicted molar refractivity (Wildman–Crippen MR) is 381 cm³/mol. The monoisotopic (exact) mass is 1380 g/mol. The van der Waals surface area contributed by atoms with Crippen molar-refractivity contribution in [2.45, 2.75) is 395 Å². The predicted octanol–water partition coefficient (Wildman–Crippen LogP) is 21.7. The quantitative estimate of drug-likeness (QED) is 0.0222. The molecule has 0 radical (unpaired) electrons. The van der Waals surface area contributed by atoms with Gasteiger partial charge in [-0.3, -0.25) is 37.3 Å². The minimum Gasteiger partial charge on any atom is -0.462 e. The van der Waals surface area contributed by atoms with Crippen LogP contribution in [-0.2, 0) is 65.4 Å². The number of aliphatic hydroxyl groups is 1. The molecule has 0 aliphatic carbocycles. The van der Waals surface area contributed by atoms with E-state index in [-0.39, 0.29) is 25.7 Å². The fourth-order valence-corrected chi connectivity index (χ4v) is 12.9. The van der Waals surface area contributed by atoms with E-state index < -0.39 is 97.5 Å². The minimum atomic E-state index is -4.96. The van der Waals surface area contributed by atoms with Gasteiger partial charge in [-0.2, -0.15) is 0 Å². The van der Waals surface area contributed by atoms with Crippen LogP contribution in [-0.4, -0.2) is 96.7 Å². The highest BCUT2D eigenvalue weighted by molar-refractivity contribution is 7.47. The number of phosphoric ester groups is 2. The Hall–Kier alpha value is -1.94. The molecule has 0 aromatic rings. The molecule has 3 N–H and O–H groups in total. The molecule has 0 rings (SSSR count). The first-order valence-electron chi connectivity index (χ1n) is 38.7. The van der Waals surface area contributed by atoms with Crippen LogP contribution >= 0.6 is 15.6 Å². The van der Waals surface area contributed by atoms with E-state index >= 15 is 0 Å². The maximum absolute atomic E-state index is 13.1. The molecule has 0 heterocycles. The smallest absolute Gasteiger partial charge is 0.462 e. The van der Waals surface area contributed by atoms with Crippen LogP contribution in [0.4, 0.5) is 0 Å². The number of rotatable bonds is 72. The van der Waals surface area contributed by atoms with Crippen LogP contribution in [0.5, 0.6) is 0 Å². The molecule has 3 unspecified atom stereocenters. The van der Waals surface area contributed by atoms with E-state index in [0.717, 1.165) is 114 Å². The molecule has 0 saturated carbocycles. The summed E-state index contributed by atoms with van der Waals surface area (Å²) in [5.41, 5.74) is 0. The normalized spacial score (nSPS) is 14.4. The minimum absolute atomic E-state index is 0.105. The third-order valence-corrected chi connectivity index (χ3v) is 19.6. The Morgan fingerprint density at radius 2 is 0.511 bits per heavy atom. The summed E-state index contributed by atoms with van der Waals surface area (Å²) >= 11 is 0. The van der Waals surface area contributed by atoms with Crippen LogP contribution in [0.3, 0.4) is 0 Å². The van der Waals surface area contributed by atoms with Crippen LogP contribution in [0, 0.1) is 23.7 Å². The highest BCUT2D eigenvalue weighted by Gasteiger charge is 2.30. The standard InChI is InChI=1S/C75H146O17P2/c1-9-68(8)54-46-38-30-22-15-17-23-31-39-47-55-72(77)85-61-70(91-74(79)57-49-41-33-24-13-11-10-12-19-27-35-43-51-65(2)3)63-89-93(81,82)87-59-69(76)60-88-94(83,84)90-64-71(62-86-73(78)56-48-40-32-26-18-21-29-37-45-53-67(6)7)92-75(80)58-50-42-34-25-16-14-20-28-36-44-52-66(4)5/h65-71,76H,9-64H2,1-8H3,(H,81,82)(H,83,84)/t68?,69-,70-,71-/m1/s1. The highest BCUT2D eigenvalue weighted by Crippen LogP contribution is 2.45. The fraction of sp³-hybridized carbons (Fsp3) is 0.947. The number of carbonyl (C=O) groups excluding carboxylic acids is 4. The van der Waals surface area contributed by atoms with Crippen LogP contribution in [0.25, 0.3) is 0 Å². The van der Waals surface area contributed by atoms with Crippen LogP contribution < -0.4 is 0 Å². The van der Waals surface area contributed by atoms with Crippen molar-refractivity contribution in [2.75, 3.05) is 39.6 Å². The lowest BCUT2D eigenvalue weighted by Gasteiger charge is -2.21. The largest absolute Gasteiger partial charge is 0.472 e. The van der Waals surface area contributed by atoms with E-state index in [1.165, 1.54) is 180 Å². The van der Waals surface area contributed by atoms with E-state index in [1.807, 2.05) is 0 Å². The van der Waals surface area contributed by atoms with Gasteiger partial charge in [0.05, 0.1) is 26.4 Å². The average Bonchev–Trinajstić information content (AvgIpc) is 1.16. The maximum Gasteiger partial charge on any atom is 0.472 e. The highest BCUT2D eigenvalue weighted by atomic mass is 31.2. The Morgan fingerprint density at radius 1 is 0.298 bits per heavy atom. The Labute approximate surface area is 575 Å². The van der Waals surface area contributed by atoms with Gasteiger partial charge < -0.3 is 33.8 Å². The van der Waals surface area contributed by atoms with Gasteiger partial charge in [-0.25, -0.2) is 9.13 Å². The summed E-state index contributed by atoms with van der Waals surface area (Å²) in [5.74, 6) is 0.961. The molecule has 94 heavy (non-hydrogen) atoms. The molecule has 6 atom stereocenters. The van der Waals surface area contributed by atoms with Gasteiger partial charge in [-0.1, -0.05) is 325 Å². The van der Waals surface area contributed by atoms with E-state index in [1.54, 1.807) is 0 Å².